The van der Waals surface area contributed by atoms with E-state index in [9.17, 15) is 19.5 Å². The SMILES string of the molecule is CCCCN(Cc1ccc(-c2ccccc2-c2nn[nH]n2)cc1)c1c(C(=O)O)ncc2c1C(=O)N(c1ccccc1)C2=O. The van der Waals surface area contributed by atoms with Gasteiger partial charge >= 0.3 is 5.97 Å². The van der Waals surface area contributed by atoms with Gasteiger partial charge in [0.2, 0.25) is 5.82 Å². The van der Waals surface area contributed by atoms with Crippen molar-refractivity contribution in [3.63, 3.8) is 0 Å². The Kier molecular flexibility index (Phi) is 7.44. The first kappa shape index (κ1) is 27.5. The van der Waals surface area contributed by atoms with E-state index >= 15 is 0 Å². The number of rotatable bonds is 10. The molecular formula is C32H27N7O4. The largest absolute Gasteiger partial charge is 0.476 e. The van der Waals surface area contributed by atoms with Crippen LogP contribution in [0.3, 0.4) is 0 Å². The number of hydrogen-bond donors (Lipinski definition) is 2. The summed E-state index contributed by atoms with van der Waals surface area (Å²) in [5, 5.41) is 24.5. The maximum Gasteiger partial charge on any atom is 0.356 e. The number of aromatic nitrogens is 5. The summed E-state index contributed by atoms with van der Waals surface area (Å²) in [7, 11) is 0. The second kappa shape index (κ2) is 11.6. The minimum absolute atomic E-state index is 0.0583. The predicted octanol–water partition coefficient (Wildman–Crippen LogP) is 5.23. The number of H-pyrrole nitrogens is 1. The van der Waals surface area contributed by atoms with E-state index in [4.69, 9.17) is 0 Å². The lowest BCUT2D eigenvalue weighted by Gasteiger charge is -2.27. The maximum atomic E-state index is 13.8. The van der Waals surface area contributed by atoms with Gasteiger partial charge in [-0.2, -0.15) is 5.21 Å². The fourth-order valence-corrected chi connectivity index (χ4v) is 5.31. The second-order valence-corrected chi connectivity index (χ2v) is 10.1. The van der Waals surface area contributed by atoms with E-state index in [2.05, 4.69) is 25.6 Å². The van der Waals surface area contributed by atoms with Crippen LogP contribution in [0.2, 0.25) is 0 Å². The first-order valence-corrected chi connectivity index (χ1v) is 13.8. The summed E-state index contributed by atoms with van der Waals surface area (Å²) < 4.78 is 0. The molecule has 0 saturated carbocycles. The van der Waals surface area contributed by atoms with Gasteiger partial charge in [-0.15, -0.1) is 10.2 Å². The van der Waals surface area contributed by atoms with Gasteiger partial charge in [0.05, 0.1) is 22.5 Å². The summed E-state index contributed by atoms with van der Waals surface area (Å²) >= 11 is 0. The molecule has 0 unspecified atom stereocenters. The zero-order valence-corrected chi connectivity index (χ0v) is 23.3. The third kappa shape index (κ3) is 5.12. The Balaban J connectivity index is 1.38. The number of imide groups is 1. The molecule has 2 N–H and O–H groups in total. The monoisotopic (exact) mass is 573 g/mol. The van der Waals surface area contributed by atoms with E-state index in [1.165, 1.54) is 6.20 Å². The molecule has 0 atom stereocenters. The summed E-state index contributed by atoms with van der Waals surface area (Å²) in [5.74, 6) is -1.88. The van der Waals surface area contributed by atoms with Crippen LogP contribution in [0.15, 0.2) is 85.1 Å². The molecule has 11 heteroatoms. The van der Waals surface area contributed by atoms with Crippen molar-refractivity contribution in [2.45, 2.75) is 26.3 Å². The highest BCUT2D eigenvalue weighted by Crippen LogP contribution is 2.37. The minimum atomic E-state index is -1.27. The van der Waals surface area contributed by atoms with Gasteiger partial charge in [-0.05, 0) is 40.5 Å². The van der Waals surface area contributed by atoms with Crippen LogP contribution in [-0.4, -0.2) is 55.0 Å². The van der Waals surface area contributed by atoms with Crippen molar-refractivity contribution in [2.75, 3.05) is 16.3 Å². The molecule has 43 heavy (non-hydrogen) atoms. The number of carbonyl (C=O) groups is 3. The lowest BCUT2D eigenvalue weighted by molar-refractivity contribution is 0.0690. The number of pyridine rings is 1. The standard InChI is InChI=1S/C32H27N7O4/c1-2-3-17-38(19-20-13-15-21(16-14-20)23-11-7-8-12-24(23)29-34-36-37-35-29)28-26-25(18-33-27(28)32(42)43)30(40)39(31(26)41)22-9-5-4-6-10-22/h4-16,18H,2-3,17,19H2,1H3,(H,42,43)(H,34,35,36,37). The van der Waals surface area contributed by atoms with Crippen LogP contribution < -0.4 is 9.80 Å². The normalized spacial score (nSPS) is 12.4. The van der Waals surface area contributed by atoms with Gasteiger partial charge in [-0.3, -0.25) is 9.59 Å². The molecule has 0 aliphatic carbocycles. The fourth-order valence-electron chi connectivity index (χ4n) is 5.31. The number of carbonyl (C=O) groups excluding carboxylic acids is 2. The van der Waals surface area contributed by atoms with Crippen molar-refractivity contribution in [3.8, 4) is 22.5 Å². The van der Waals surface area contributed by atoms with Crippen LogP contribution in [0, 0.1) is 0 Å². The number of carboxylic acid groups (broad SMARTS) is 1. The number of nitrogens with zero attached hydrogens (tertiary/aromatic N) is 6. The number of unbranched alkanes of at least 4 members (excludes halogenated alkanes) is 1. The Bertz CT molecular complexity index is 1810. The average Bonchev–Trinajstić information content (AvgIpc) is 3.66. The lowest BCUT2D eigenvalue weighted by Crippen LogP contribution is -2.31. The van der Waals surface area contributed by atoms with Crippen molar-refractivity contribution >= 4 is 29.2 Å². The molecule has 0 radical (unpaired) electrons. The molecule has 1 aliphatic rings. The first-order valence-electron chi connectivity index (χ1n) is 13.8. The van der Waals surface area contributed by atoms with Gasteiger partial charge in [0.15, 0.2) is 5.69 Å². The van der Waals surface area contributed by atoms with Crippen molar-refractivity contribution in [1.82, 2.24) is 25.6 Å². The highest BCUT2D eigenvalue weighted by molar-refractivity contribution is 6.36. The molecule has 2 amide bonds. The summed E-state index contributed by atoms with van der Waals surface area (Å²) in [4.78, 5) is 46.7. The third-order valence-corrected chi connectivity index (χ3v) is 7.37. The molecule has 3 heterocycles. The van der Waals surface area contributed by atoms with Crippen LogP contribution in [0.1, 0.15) is 56.5 Å². The predicted molar refractivity (Wildman–Crippen MR) is 160 cm³/mol. The van der Waals surface area contributed by atoms with Crippen molar-refractivity contribution in [3.05, 3.63) is 107 Å². The number of benzene rings is 3. The number of aromatic amines is 1. The van der Waals surface area contributed by atoms with Gasteiger partial charge in [-0.1, -0.05) is 80.1 Å². The van der Waals surface area contributed by atoms with E-state index in [0.29, 0.717) is 24.6 Å². The molecule has 1 aliphatic heterocycles. The average molecular weight is 574 g/mol. The maximum absolute atomic E-state index is 13.8. The van der Waals surface area contributed by atoms with E-state index in [0.717, 1.165) is 40.0 Å². The summed E-state index contributed by atoms with van der Waals surface area (Å²) in [6.45, 7) is 2.80. The Morgan fingerprint density at radius 2 is 1.63 bits per heavy atom. The number of para-hydroxylation sites is 1. The van der Waals surface area contributed by atoms with Gasteiger partial charge in [-0.25, -0.2) is 14.7 Å². The number of aromatic carboxylic acids is 1. The Hall–Kier alpha value is -5.71. The molecule has 0 saturated heterocycles. The quantitative estimate of drug-likeness (QED) is 0.214. The van der Waals surface area contributed by atoms with Crippen LogP contribution in [0.5, 0.6) is 0 Å². The number of amides is 2. The molecule has 6 rings (SSSR count). The Morgan fingerprint density at radius 3 is 2.30 bits per heavy atom. The molecule has 3 aromatic carbocycles. The third-order valence-electron chi connectivity index (χ3n) is 7.37. The van der Waals surface area contributed by atoms with E-state index < -0.39 is 17.8 Å². The summed E-state index contributed by atoms with van der Waals surface area (Å²) in [6, 6.07) is 24.2. The van der Waals surface area contributed by atoms with Crippen molar-refractivity contribution in [2.24, 2.45) is 0 Å². The number of tetrazole rings is 1. The number of anilines is 2. The number of carboxylic acids is 1. The molecule has 0 bridgehead atoms. The molecule has 11 nitrogen and oxygen atoms in total. The minimum Gasteiger partial charge on any atom is -0.476 e. The number of nitrogens with one attached hydrogen (secondary N) is 1. The van der Waals surface area contributed by atoms with Crippen LogP contribution >= 0.6 is 0 Å². The molecule has 0 spiro atoms. The Labute approximate surface area is 246 Å². The van der Waals surface area contributed by atoms with E-state index in [1.54, 1.807) is 30.3 Å². The van der Waals surface area contributed by atoms with E-state index in [1.807, 2.05) is 60.4 Å². The topological polar surface area (TPSA) is 145 Å². The number of fused-ring (bicyclic) bond motifs is 1. The number of hydrogen-bond acceptors (Lipinski definition) is 8. The molecular weight excluding hydrogens is 546 g/mol. The van der Waals surface area contributed by atoms with Crippen molar-refractivity contribution in [1.29, 1.82) is 0 Å². The van der Waals surface area contributed by atoms with Gasteiger partial charge < -0.3 is 10.0 Å². The van der Waals surface area contributed by atoms with Crippen LogP contribution in [-0.2, 0) is 6.54 Å². The second-order valence-electron chi connectivity index (χ2n) is 10.1. The van der Waals surface area contributed by atoms with Gasteiger partial charge in [0.1, 0.15) is 0 Å². The highest BCUT2D eigenvalue weighted by atomic mass is 16.4. The molecule has 5 aromatic rings. The van der Waals surface area contributed by atoms with Gasteiger partial charge in [0, 0.05) is 24.8 Å². The van der Waals surface area contributed by atoms with Crippen LogP contribution in [0.4, 0.5) is 11.4 Å². The van der Waals surface area contributed by atoms with E-state index in [-0.39, 0.29) is 22.5 Å². The fraction of sp³-hybridized carbons (Fsp3) is 0.156. The van der Waals surface area contributed by atoms with Crippen LogP contribution in [0.25, 0.3) is 22.5 Å². The molecule has 2 aromatic heterocycles. The zero-order valence-electron chi connectivity index (χ0n) is 23.3. The smallest absolute Gasteiger partial charge is 0.356 e. The summed E-state index contributed by atoms with van der Waals surface area (Å²) in [6.07, 6.45) is 2.78. The highest BCUT2D eigenvalue weighted by Gasteiger charge is 2.42. The van der Waals surface area contributed by atoms with Crippen molar-refractivity contribution < 1.29 is 19.5 Å². The lowest BCUT2D eigenvalue weighted by atomic mass is 9.98. The zero-order chi connectivity index (χ0) is 29.9. The Morgan fingerprint density at radius 1 is 0.907 bits per heavy atom. The molecule has 0 fully saturated rings. The first-order chi connectivity index (χ1) is 21.0. The molecule has 214 valence electrons. The van der Waals surface area contributed by atoms with Gasteiger partial charge in [0.25, 0.3) is 11.8 Å². The summed E-state index contributed by atoms with van der Waals surface area (Å²) in [5.41, 5.74) is 4.04.